The zero-order valence-corrected chi connectivity index (χ0v) is 12.3. The number of rotatable bonds is 6. The van der Waals surface area contributed by atoms with Crippen LogP contribution in [0.2, 0.25) is 0 Å². The molecule has 0 aliphatic carbocycles. The molecule has 0 bridgehead atoms. The number of sulfonamides is 1. The van der Waals surface area contributed by atoms with Crippen LogP contribution in [0.25, 0.3) is 0 Å². The maximum absolute atomic E-state index is 11.6. The number of furan rings is 1. The molecule has 5 nitrogen and oxygen atoms in total. The first-order chi connectivity index (χ1) is 9.56. The van der Waals surface area contributed by atoms with Crippen molar-refractivity contribution in [1.82, 2.24) is 4.72 Å². The maximum atomic E-state index is 11.6. The van der Waals surface area contributed by atoms with Gasteiger partial charge in [-0.25, -0.2) is 13.1 Å². The van der Waals surface area contributed by atoms with Crippen molar-refractivity contribution in [2.24, 2.45) is 0 Å². The molecule has 0 aliphatic rings. The van der Waals surface area contributed by atoms with Gasteiger partial charge >= 0.3 is 0 Å². The molecule has 1 unspecified atom stereocenters. The van der Waals surface area contributed by atoms with Crippen LogP contribution in [-0.4, -0.2) is 15.5 Å². The van der Waals surface area contributed by atoms with E-state index in [-0.39, 0.29) is 10.9 Å². The normalized spacial score (nSPS) is 13.1. The fraction of sp³-hybridized carbons (Fsp3) is 0.286. The van der Waals surface area contributed by atoms with Gasteiger partial charge in [-0.1, -0.05) is 6.92 Å². The van der Waals surface area contributed by atoms with Crippen molar-refractivity contribution in [2.75, 3.05) is 12.4 Å². The Morgan fingerprint density at radius 1 is 1.20 bits per heavy atom. The quantitative estimate of drug-likeness (QED) is 0.859. The van der Waals surface area contributed by atoms with Crippen molar-refractivity contribution < 1.29 is 12.8 Å². The van der Waals surface area contributed by atoms with Crippen molar-refractivity contribution in [3.05, 3.63) is 48.4 Å². The Hall–Kier alpha value is -1.79. The van der Waals surface area contributed by atoms with Gasteiger partial charge in [0.25, 0.3) is 0 Å². The van der Waals surface area contributed by atoms with E-state index >= 15 is 0 Å². The zero-order valence-electron chi connectivity index (χ0n) is 11.5. The lowest BCUT2D eigenvalue weighted by Gasteiger charge is -2.16. The van der Waals surface area contributed by atoms with E-state index in [1.54, 1.807) is 30.5 Å². The first-order valence-electron chi connectivity index (χ1n) is 6.40. The van der Waals surface area contributed by atoms with Gasteiger partial charge in [-0.15, -0.1) is 0 Å². The van der Waals surface area contributed by atoms with Gasteiger partial charge in [0.1, 0.15) is 5.76 Å². The zero-order chi connectivity index (χ0) is 14.6. The molecule has 0 amide bonds. The molecule has 20 heavy (non-hydrogen) atoms. The van der Waals surface area contributed by atoms with E-state index in [9.17, 15) is 8.42 Å². The summed E-state index contributed by atoms with van der Waals surface area (Å²) in [6.45, 7) is 2.06. The van der Waals surface area contributed by atoms with E-state index in [1.807, 2.05) is 12.1 Å². The molecule has 1 aromatic heterocycles. The largest absolute Gasteiger partial charge is 0.467 e. The second-order valence-electron chi connectivity index (χ2n) is 4.35. The van der Waals surface area contributed by atoms with E-state index in [0.717, 1.165) is 17.9 Å². The summed E-state index contributed by atoms with van der Waals surface area (Å²) >= 11 is 0. The summed E-state index contributed by atoms with van der Waals surface area (Å²) in [6.07, 6.45) is 2.51. The summed E-state index contributed by atoms with van der Waals surface area (Å²) in [6, 6.07) is 10.5. The molecule has 0 fully saturated rings. The predicted octanol–water partition coefficient (Wildman–Crippen LogP) is 2.75. The molecule has 0 aliphatic heterocycles. The third-order valence-corrected chi connectivity index (χ3v) is 4.50. The molecule has 1 aromatic carbocycles. The first-order valence-corrected chi connectivity index (χ1v) is 7.88. The summed E-state index contributed by atoms with van der Waals surface area (Å²) < 4.78 is 30.9. The average Bonchev–Trinajstić information content (AvgIpc) is 2.99. The van der Waals surface area contributed by atoms with Crippen LogP contribution >= 0.6 is 0 Å². The molecule has 2 aromatic rings. The van der Waals surface area contributed by atoms with Crippen LogP contribution in [0.4, 0.5) is 5.69 Å². The number of nitrogens with one attached hydrogen (secondary N) is 2. The smallest absolute Gasteiger partial charge is 0.240 e. The van der Waals surface area contributed by atoms with Gasteiger partial charge in [0.2, 0.25) is 10.0 Å². The number of benzene rings is 1. The van der Waals surface area contributed by atoms with Crippen molar-refractivity contribution in [3.8, 4) is 0 Å². The Morgan fingerprint density at radius 2 is 1.90 bits per heavy atom. The molecule has 0 saturated carbocycles. The van der Waals surface area contributed by atoms with Crippen molar-refractivity contribution in [1.29, 1.82) is 0 Å². The molecule has 108 valence electrons. The average molecular weight is 294 g/mol. The van der Waals surface area contributed by atoms with Gasteiger partial charge in [0, 0.05) is 5.69 Å². The summed E-state index contributed by atoms with van der Waals surface area (Å²) in [5.41, 5.74) is 0.850. The number of hydrogen-bond donors (Lipinski definition) is 2. The summed E-state index contributed by atoms with van der Waals surface area (Å²) in [4.78, 5) is 0.247. The van der Waals surface area contributed by atoms with Crippen molar-refractivity contribution in [3.63, 3.8) is 0 Å². The second kappa shape index (κ2) is 6.11. The van der Waals surface area contributed by atoms with Gasteiger partial charge in [0.05, 0.1) is 17.2 Å². The van der Waals surface area contributed by atoms with Crippen LogP contribution in [0.1, 0.15) is 25.1 Å². The monoisotopic (exact) mass is 294 g/mol. The lowest BCUT2D eigenvalue weighted by Crippen LogP contribution is -2.18. The van der Waals surface area contributed by atoms with E-state index in [0.29, 0.717) is 0 Å². The van der Waals surface area contributed by atoms with Crippen molar-refractivity contribution >= 4 is 15.7 Å². The van der Waals surface area contributed by atoms with Crippen LogP contribution in [0.15, 0.2) is 52.0 Å². The van der Waals surface area contributed by atoms with Gasteiger partial charge in [-0.2, -0.15) is 0 Å². The minimum absolute atomic E-state index is 0.0664. The highest BCUT2D eigenvalue weighted by molar-refractivity contribution is 7.89. The van der Waals surface area contributed by atoms with E-state index in [1.165, 1.54) is 7.05 Å². The summed E-state index contributed by atoms with van der Waals surface area (Å²) in [5.74, 6) is 0.861. The molecule has 0 saturated heterocycles. The molecule has 2 N–H and O–H groups in total. The molecular weight excluding hydrogens is 276 g/mol. The molecule has 6 heteroatoms. The van der Waals surface area contributed by atoms with Gasteiger partial charge in [-0.05, 0) is 49.9 Å². The molecule has 2 rings (SSSR count). The highest BCUT2D eigenvalue weighted by Gasteiger charge is 2.13. The Bertz CT molecular complexity index is 634. The fourth-order valence-corrected chi connectivity index (χ4v) is 2.64. The number of hydrogen-bond acceptors (Lipinski definition) is 4. The highest BCUT2D eigenvalue weighted by atomic mass is 32.2. The van der Waals surface area contributed by atoms with Crippen LogP contribution in [0.5, 0.6) is 0 Å². The van der Waals surface area contributed by atoms with Crippen LogP contribution < -0.4 is 10.0 Å². The molecular formula is C14H18N2O3S. The Morgan fingerprint density at radius 3 is 2.40 bits per heavy atom. The Balaban J connectivity index is 2.15. The fourth-order valence-electron chi connectivity index (χ4n) is 1.91. The standard InChI is InChI=1S/C14H18N2O3S/c1-3-13(14-5-4-10-19-14)16-11-6-8-12(9-7-11)20(17,18)15-2/h4-10,13,15-16H,3H2,1-2H3. The van der Waals surface area contributed by atoms with Crippen LogP contribution in [-0.2, 0) is 10.0 Å². The summed E-state index contributed by atoms with van der Waals surface area (Å²) in [5, 5.41) is 3.32. The minimum Gasteiger partial charge on any atom is -0.467 e. The molecule has 1 heterocycles. The van der Waals surface area contributed by atoms with Gasteiger partial charge in [0.15, 0.2) is 0 Å². The molecule has 0 radical (unpaired) electrons. The van der Waals surface area contributed by atoms with E-state index < -0.39 is 10.0 Å². The lowest BCUT2D eigenvalue weighted by molar-refractivity contribution is 0.474. The topological polar surface area (TPSA) is 71.3 Å². The van der Waals surface area contributed by atoms with Gasteiger partial charge < -0.3 is 9.73 Å². The second-order valence-corrected chi connectivity index (χ2v) is 6.24. The van der Waals surface area contributed by atoms with E-state index in [4.69, 9.17) is 4.42 Å². The van der Waals surface area contributed by atoms with E-state index in [2.05, 4.69) is 17.0 Å². The lowest BCUT2D eigenvalue weighted by atomic mass is 10.1. The SMILES string of the molecule is CCC(Nc1ccc(S(=O)(=O)NC)cc1)c1ccco1. The van der Waals surface area contributed by atoms with Gasteiger partial charge in [-0.3, -0.25) is 0 Å². The Labute approximate surface area is 119 Å². The molecule has 1 atom stereocenters. The maximum Gasteiger partial charge on any atom is 0.240 e. The minimum atomic E-state index is -3.39. The van der Waals surface area contributed by atoms with Crippen LogP contribution in [0, 0.1) is 0 Å². The van der Waals surface area contributed by atoms with Crippen molar-refractivity contribution in [2.45, 2.75) is 24.3 Å². The summed E-state index contributed by atoms with van der Waals surface area (Å²) in [7, 11) is -1.99. The third-order valence-electron chi connectivity index (χ3n) is 3.07. The predicted molar refractivity (Wildman–Crippen MR) is 78.1 cm³/mol. The molecule has 0 spiro atoms. The number of anilines is 1. The first kappa shape index (κ1) is 14.6. The van der Waals surface area contributed by atoms with Crippen LogP contribution in [0.3, 0.4) is 0 Å². The highest BCUT2D eigenvalue weighted by Crippen LogP contribution is 2.23. The third kappa shape index (κ3) is 3.20. The Kier molecular flexibility index (Phi) is 4.46.